The number of piperidine rings is 1. The molecule has 3 aromatic rings. The Kier molecular flexibility index (Phi) is 9.04. The van der Waals surface area contributed by atoms with Crippen LogP contribution in [0.25, 0.3) is 11.1 Å². The van der Waals surface area contributed by atoms with Crippen LogP contribution in [0.5, 0.6) is 0 Å². The molecule has 5 nitrogen and oxygen atoms in total. The second kappa shape index (κ2) is 12.6. The molecule has 0 spiro atoms. The van der Waals surface area contributed by atoms with Gasteiger partial charge in [0.05, 0.1) is 6.54 Å². The Balaban J connectivity index is 1.25. The molecule has 1 aliphatic rings. The molecule has 36 heavy (non-hydrogen) atoms. The van der Waals surface area contributed by atoms with Crippen LogP contribution >= 0.6 is 0 Å². The van der Waals surface area contributed by atoms with Crippen molar-refractivity contribution in [2.75, 3.05) is 26.7 Å². The molecule has 1 amide bonds. The number of hydrogen-bond donors (Lipinski definition) is 1. The summed E-state index contributed by atoms with van der Waals surface area (Å²) in [6, 6.07) is 26.7. The number of Topliss-reactive ketones (excluding diaryl/α,β-unsaturated/α-hetero) is 1. The largest absolute Gasteiger partial charge is 0.340 e. The quantitative estimate of drug-likeness (QED) is 0.405. The fourth-order valence-corrected chi connectivity index (χ4v) is 4.97. The topological polar surface area (TPSA) is 66.6 Å². The van der Waals surface area contributed by atoms with Crippen molar-refractivity contribution in [3.63, 3.8) is 0 Å². The average Bonchev–Trinajstić information content (AvgIpc) is 2.93. The van der Waals surface area contributed by atoms with Crippen molar-refractivity contribution in [1.29, 1.82) is 0 Å². The molecule has 1 heterocycles. The number of likely N-dealkylation sites (N-methyl/N-ethyl adjacent to an activating group) is 1. The summed E-state index contributed by atoms with van der Waals surface area (Å²) in [5, 5.41) is 0. The number of ketones is 1. The van der Waals surface area contributed by atoms with E-state index in [0.717, 1.165) is 48.3 Å². The van der Waals surface area contributed by atoms with Gasteiger partial charge in [0, 0.05) is 32.1 Å². The summed E-state index contributed by atoms with van der Waals surface area (Å²) in [4.78, 5) is 28.8. The number of rotatable bonds is 10. The average molecular weight is 484 g/mol. The lowest BCUT2D eigenvalue weighted by molar-refractivity contribution is -0.128. The van der Waals surface area contributed by atoms with Gasteiger partial charge in [0.25, 0.3) is 0 Å². The van der Waals surface area contributed by atoms with Gasteiger partial charge in [-0.3, -0.25) is 14.5 Å². The normalized spacial score (nSPS) is 14.5. The van der Waals surface area contributed by atoms with E-state index >= 15 is 0 Å². The van der Waals surface area contributed by atoms with E-state index in [-0.39, 0.29) is 18.2 Å². The summed E-state index contributed by atoms with van der Waals surface area (Å²) in [6.07, 6.45) is 3.92. The molecule has 0 aromatic heterocycles. The SMILES string of the molecule is CN(Cc1cccc(-c2ccc(C(=O)CCC3CCN(Cc4ccccc4)CC3)cc2)c1)C(=O)CN. The Hall–Kier alpha value is -3.28. The van der Waals surface area contributed by atoms with Crippen LogP contribution in [0.4, 0.5) is 0 Å². The Bertz CT molecular complexity index is 1140. The van der Waals surface area contributed by atoms with E-state index in [1.54, 1.807) is 11.9 Å². The summed E-state index contributed by atoms with van der Waals surface area (Å²) in [7, 11) is 1.76. The first-order valence-corrected chi connectivity index (χ1v) is 12.9. The van der Waals surface area contributed by atoms with Gasteiger partial charge in [0.1, 0.15) is 0 Å². The van der Waals surface area contributed by atoms with Gasteiger partial charge in [0.15, 0.2) is 5.78 Å². The van der Waals surface area contributed by atoms with E-state index in [1.165, 1.54) is 18.4 Å². The molecule has 3 aromatic carbocycles. The molecular weight excluding hydrogens is 446 g/mol. The third-order valence-corrected chi connectivity index (χ3v) is 7.22. The lowest BCUT2D eigenvalue weighted by Gasteiger charge is -2.32. The van der Waals surface area contributed by atoms with E-state index in [1.807, 2.05) is 36.4 Å². The van der Waals surface area contributed by atoms with Crippen LogP contribution in [0.3, 0.4) is 0 Å². The molecule has 0 saturated carbocycles. The molecule has 0 bridgehead atoms. The molecule has 188 valence electrons. The fourth-order valence-electron chi connectivity index (χ4n) is 4.97. The van der Waals surface area contributed by atoms with Crippen molar-refractivity contribution < 1.29 is 9.59 Å². The Morgan fingerprint density at radius 1 is 0.889 bits per heavy atom. The molecule has 1 aliphatic heterocycles. The van der Waals surface area contributed by atoms with Crippen molar-refractivity contribution in [3.8, 4) is 11.1 Å². The lowest BCUT2D eigenvalue weighted by Crippen LogP contribution is -2.33. The highest BCUT2D eigenvalue weighted by atomic mass is 16.2. The first-order chi connectivity index (χ1) is 17.5. The smallest absolute Gasteiger partial charge is 0.236 e. The standard InChI is InChI=1S/C31H37N3O2/c1-33(31(36)21-32)22-26-8-5-9-29(20-26)27-11-13-28(14-12-27)30(35)15-10-24-16-18-34(19-17-24)23-25-6-3-2-4-7-25/h2-9,11-14,20,24H,10,15-19,21-23,32H2,1H3. The van der Waals surface area contributed by atoms with E-state index in [9.17, 15) is 9.59 Å². The van der Waals surface area contributed by atoms with Crippen molar-refractivity contribution in [2.45, 2.75) is 38.8 Å². The third kappa shape index (κ3) is 7.12. The zero-order valence-corrected chi connectivity index (χ0v) is 21.2. The predicted octanol–water partition coefficient (Wildman–Crippen LogP) is 5.15. The number of benzene rings is 3. The van der Waals surface area contributed by atoms with E-state index < -0.39 is 0 Å². The van der Waals surface area contributed by atoms with Crippen LogP contribution < -0.4 is 5.73 Å². The van der Waals surface area contributed by atoms with Crippen LogP contribution in [0.2, 0.25) is 0 Å². The van der Waals surface area contributed by atoms with Gasteiger partial charge >= 0.3 is 0 Å². The van der Waals surface area contributed by atoms with Crippen molar-refractivity contribution in [3.05, 3.63) is 95.6 Å². The first-order valence-electron chi connectivity index (χ1n) is 12.9. The van der Waals surface area contributed by atoms with Gasteiger partial charge in [0.2, 0.25) is 5.91 Å². The first kappa shape index (κ1) is 25.8. The zero-order chi connectivity index (χ0) is 25.3. The number of likely N-dealkylation sites (tertiary alicyclic amines) is 1. The Labute approximate surface area is 214 Å². The molecule has 1 saturated heterocycles. The van der Waals surface area contributed by atoms with Gasteiger partial charge in [-0.25, -0.2) is 0 Å². The Morgan fingerprint density at radius 3 is 2.28 bits per heavy atom. The molecule has 0 radical (unpaired) electrons. The molecule has 2 N–H and O–H groups in total. The molecule has 0 aliphatic carbocycles. The number of nitrogens with two attached hydrogens (primary N) is 1. The Morgan fingerprint density at radius 2 is 1.58 bits per heavy atom. The van der Waals surface area contributed by atoms with E-state index in [0.29, 0.717) is 18.9 Å². The minimum atomic E-state index is -0.0824. The van der Waals surface area contributed by atoms with Gasteiger partial charge in [-0.05, 0) is 66.6 Å². The summed E-state index contributed by atoms with van der Waals surface area (Å²) in [5.74, 6) is 0.775. The number of carbonyl (C=O) groups is 2. The van der Waals surface area contributed by atoms with Crippen LogP contribution in [0, 0.1) is 5.92 Å². The predicted molar refractivity (Wildman–Crippen MR) is 145 cm³/mol. The second-order valence-corrected chi connectivity index (χ2v) is 9.90. The van der Waals surface area contributed by atoms with Crippen LogP contribution in [0.15, 0.2) is 78.9 Å². The summed E-state index contributed by atoms with van der Waals surface area (Å²) in [6.45, 7) is 3.77. The number of hydrogen-bond acceptors (Lipinski definition) is 4. The molecule has 5 heteroatoms. The summed E-state index contributed by atoms with van der Waals surface area (Å²) in [5.41, 5.74) is 10.8. The second-order valence-electron chi connectivity index (χ2n) is 9.90. The fraction of sp³-hybridized carbons (Fsp3) is 0.355. The third-order valence-electron chi connectivity index (χ3n) is 7.22. The van der Waals surface area contributed by atoms with Crippen LogP contribution in [0.1, 0.15) is 47.2 Å². The van der Waals surface area contributed by atoms with Crippen molar-refractivity contribution >= 4 is 11.7 Å². The van der Waals surface area contributed by atoms with Gasteiger partial charge in [-0.15, -0.1) is 0 Å². The highest BCUT2D eigenvalue weighted by Gasteiger charge is 2.20. The highest BCUT2D eigenvalue weighted by molar-refractivity contribution is 5.96. The number of amides is 1. The number of nitrogens with zero attached hydrogens (tertiary/aromatic N) is 2. The maximum atomic E-state index is 12.9. The molecular formula is C31H37N3O2. The van der Waals surface area contributed by atoms with E-state index in [4.69, 9.17) is 5.73 Å². The minimum absolute atomic E-state index is 0.0130. The molecule has 0 unspecified atom stereocenters. The molecule has 1 fully saturated rings. The monoisotopic (exact) mass is 483 g/mol. The maximum absolute atomic E-state index is 12.9. The minimum Gasteiger partial charge on any atom is -0.340 e. The van der Waals surface area contributed by atoms with Crippen molar-refractivity contribution in [2.24, 2.45) is 11.7 Å². The van der Waals surface area contributed by atoms with Gasteiger partial charge < -0.3 is 10.6 Å². The molecule has 4 rings (SSSR count). The zero-order valence-electron chi connectivity index (χ0n) is 21.2. The van der Waals surface area contributed by atoms with Crippen LogP contribution in [-0.2, 0) is 17.9 Å². The summed E-state index contributed by atoms with van der Waals surface area (Å²) < 4.78 is 0. The highest BCUT2D eigenvalue weighted by Crippen LogP contribution is 2.25. The van der Waals surface area contributed by atoms with Crippen molar-refractivity contribution in [1.82, 2.24) is 9.80 Å². The van der Waals surface area contributed by atoms with Gasteiger partial charge in [-0.1, -0.05) is 72.8 Å². The molecule has 0 atom stereocenters. The number of carbonyl (C=O) groups excluding carboxylic acids is 2. The maximum Gasteiger partial charge on any atom is 0.236 e. The van der Waals surface area contributed by atoms with Crippen LogP contribution in [-0.4, -0.2) is 48.2 Å². The lowest BCUT2D eigenvalue weighted by atomic mass is 9.90. The van der Waals surface area contributed by atoms with Gasteiger partial charge in [-0.2, -0.15) is 0 Å². The summed E-state index contributed by atoms with van der Waals surface area (Å²) >= 11 is 0. The van der Waals surface area contributed by atoms with E-state index in [2.05, 4.69) is 47.4 Å².